The first kappa shape index (κ1) is 16.9. The number of halogens is 1. The highest BCUT2D eigenvalue weighted by Gasteiger charge is 2.21. The van der Waals surface area contributed by atoms with Crippen LogP contribution in [0.5, 0.6) is 0 Å². The summed E-state index contributed by atoms with van der Waals surface area (Å²) in [6.45, 7) is 3.72. The molecule has 2 N–H and O–H groups in total. The van der Waals surface area contributed by atoms with E-state index in [1.807, 2.05) is 24.3 Å². The quantitative estimate of drug-likeness (QED) is 0.742. The average molecular weight is 370 g/mol. The van der Waals surface area contributed by atoms with E-state index in [4.69, 9.17) is 11.6 Å². The Kier molecular flexibility index (Phi) is 4.77. The first-order valence-electron chi connectivity index (χ1n) is 8.65. The van der Waals surface area contributed by atoms with Gasteiger partial charge in [0.25, 0.3) is 0 Å². The number of piperazine rings is 1. The molecule has 1 amide bonds. The van der Waals surface area contributed by atoms with Crippen LogP contribution in [0.15, 0.2) is 48.5 Å². The first-order valence-corrected chi connectivity index (χ1v) is 9.03. The average Bonchev–Trinajstić information content (AvgIpc) is 3.08. The minimum Gasteiger partial charge on any atom is -0.340 e. The fourth-order valence-corrected chi connectivity index (χ4v) is 3.27. The number of para-hydroxylation sites is 2. The molecule has 7 heteroatoms. The number of benzene rings is 2. The van der Waals surface area contributed by atoms with E-state index in [2.05, 4.69) is 25.1 Å². The van der Waals surface area contributed by atoms with E-state index in [9.17, 15) is 4.79 Å². The molecule has 1 saturated heterocycles. The van der Waals surface area contributed by atoms with E-state index >= 15 is 0 Å². The largest absolute Gasteiger partial charge is 0.340 e. The number of carbonyl (C=O) groups is 1. The molecule has 26 heavy (non-hydrogen) atoms. The maximum absolute atomic E-state index is 12.2. The molecule has 1 aliphatic rings. The lowest BCUT2D eigenvalue weighted by Gasteiger charge is -2.34. The first-order chi connectivity index (χ1) is 12.7. The molecule has 0 aliphatic carbocycles. The van der Waals surface area contributed by atoms with Gasteiger partial charge in [0.1, 0.15) is 0 Å². The van der Waals surface area contributed by atoms with Gasteiger partial charge in [-0.25, -0.2) is 4.98 Å². The minimum atomic E-state index is -0.00971. The summed E-state index contributed by atoms with van der Waals surface area (Å²) < 4.78 is 0. The highest BCUT2D eigenvalue weighted by atomic mass is 35.5. The molecule has 0 saturated carbocycles. The maximum Gasteiger partial charge on any atom is 0.238 e. The summed E-state index contributed by atoms with van der Waals surface area (Å²) in [5.41, 5.74) is 2.79. The number of hydrogen-bond acceptors (Lipinski definition) is 4. The molecule has 0 spiro atoms. The second-order valence-corrected chi connectivity index (χ2v) is 6.83. The van der Waals surface area contributed by atoms with Crippen LogP contribution in [0.25, 0.3) is 11.0 Å². The van der Waals surface area contributed by atoms with E-state index in [1.54, 1.807) is 24.3 Å². The number of nitrogens with zero attached hydrogens (tertiary/aromatic N) is 3. The fraction of sp³-hybridized carbons (Fsp3) is 0.263. The van der Waals surface area contributed by atoms with Crippen molar-refractivity contribution < 1.29 is 4.79 Å². The van der Waals surface area contributed by atoms with Gasteiger partial charge >= 0.3 is 0 Å². The van der Waals surface area contributed by atoms with Gasteiger partial charge in [0.05, 0.1) is 17.6 Å². The summed E-state index contributed by atoms with van der Waals surface area (Å²) in [5, 5.41) is 3.56. The number of nitrogens with one attached hydrogen (secondary N) is 2. The van der Waals surface area contributed by atoms with Gasteiger partial charge in [-0.05, 0) is 36.4 Å². The number of imidazole rings is 1. The van der Waals surface area contributed by atoms with Gasteiger partial charge in [-0.1, -0.05) is 23.7 Å². The number of hydrogen-bond donors (Lipinski definition) is 2. The SMILES string of the molecule is O=C(CN1CCN(c2nc3ccccc3[nH]2)CC1)Nc1ccc(Cl)cc1. The smallest absolute Gasteiger partial charge is 0.238 e. The van der Waals surface area contributed by atoms with Crippen LogP contribution in [0.3, 0.4) is 0 Å². The summed E-state index contributed by atoms with van der Waals surface area (Å²) in [4.78, 5) is 24.6. The summed E-state index contributed by atoms with van der Waals surface area (Å²) in [7, 11) is 0. The molecular formula is C19H20ClN5O. The van der Waals surface area contributed by atoms with E-state index in [-0.39, 0.29) is 5.91 Å². The Morgan fingerprint density at radius 1 is 1.08 bits per heavy atom. The third-order valence-electron chi connectivity index (χ3n) is 4.54. The van der Waals surface area contributed by atoms with Gasteiger partial charge in [-0.3, -0.25) is 9.69 Å². The number of aromatic amines is 1. The van der Waals surface area contributed by atoms with Gasteiger partial charge in [0.2, 0.25) is 11.9 Å². The Hall–Kier alpha value is -2.57. The van der Waals surface area contributed by atoms with Crippen molar-refractivity contribution in [3.8, 4) is 0 Å². The summed E-state index contributed by atoms with van der Waals surface area (Å²) >= 11 is 5.86. The molecule has 6 nitrogen and oxygen atoms in total. The number of anilines is 2. The van der Waals surface area contributed by atoms with Crippen molar-refractivity contribution >= 4 is 40.2 Å². The van der Waals surface area contributed by atoms with E-state index < -0.39 is 0 Å². The van der Waals surface area contributed by atoms with Crippen LogP contribution in [0.1, 0.15) is 0 Å². The van der Waals surface area contributed by atoms with Crippen LogP contribution in [-0.4, -0.2) is 53.5 Å². The number of H-pyrrole nitrogens is 1. The van der Waals surface area contributed by atoms with E-state index in [0.717, 1.165) is 48.8 Å². The molecule has 0 bridgehead atoms. The van der Waals surface area contributed by atoms with Crippen molar-refractivity contribution in [1.29, 1.82) is 0 Å². The highest BCUT2D eigenvalue weighted by Crippen LogP contribution is 2.18. The zero-order valence-corrected chi connectivity index (χ0v) is 15.0. The van der Waals surface area contributed by atoms with Crippen molar-refractivity contribution in [2.24, 2.45) is 0 Å². The molecule has 1 aliphatic heterocycles. The van der Waals surface area contributed by atoms with Crippen LogP contribution >= 0.6 is 11.6 Å². The molecule has 134 valence electrons. The number of aromatic nitrogens is 2. The van der Waals surface area contributed by atoms with Gasteiger partial charge in [-0.15, -0.1) is 0 Å². The Morgan fingerprint density at radius 3 is 2.54 bits per heavy atom. The molecule has 3 aromatic rings. The van der Waals surface area contributed by atoms with Crippen LogP contribution in [0.4, 0.5) is 11.6 Å². The maximum atomic E-state index is 12.2. The van der Waals surface area contributed by atoms with Crippen molar-refractivity contribution in [3.05, 3.63) is 53.6 Å². The molecule has 2 heterocycles. The lowest BCUT2D eigenvalue weighted by atomic mass is 10.3. The molecule has 1 aromatic heterocycles. The summed E-state index contributed by atoms with van der Waals surface area (Å²) in [6.07, 6.45) is 0. The van der Waals surface area contributed by atoms with Crippen molar-refractivity contribution in [3.63, 3.8) is 0 Å². The Balaban J connectivity index is 1.30. The predicted octanol–water partition coefficient (Wildman–Crippen LogP) is 2.98. The number of carbonyl (C=O) groups excluding carboxylic acids is 1. The fourth-order valence-electron chi connectivity index (χ4n) is 3.14. The normalized spacial score (nSPS) is 15.3. The summed E-state index contributed by atoms with van der Waals surface area (Å²) in [6, 6.07) is 15.2. The third-order valence-corrected chi connectivity index (χ3v) is 4.80. The standard InChI is InChI=1S/C19H20ClN5O/c20-14-5-7-15(8-6-14)21-18(26)13-24-9-11-25(12-10-24)19-22-16-3-1-2-4-17(16)23-19/h1-8H,9-13H2,(H,21,26)(H,22,23). The van der Waals surface area contributed by atoms with Crippen molar-refractivity contribution in [2.75, 3.05) is 42.9 Å². The Labute approximate surface area is 156 Å². The lowest BCUT2D eigenvalue weighted by Crippen LogP contribution is -2.49. The molecule has 4 rings (SSSR count). The Bertz CT molecular complexity index is 867. The second kappa shape index (κ2) is 7.35. The van der Waals surface area contributed by atoms with E-state index in [1.165, 1.54) is 0 Å². The zero-order valence-electron chi connectivity index (χ0n) is 14.3. The van der Waals surface area contributed by atoms with Gasteiger partial charge < -0.3 is 15.2 Å². The van der Waals surface area contributed by atoms with E-state index in [0.29, 0.717) is 11.6 Å². The second-order valence-electron chi connectivity index (χ2n) is 6.40. The van der Waals surface area contributed by atoms with Crippen molar-refractivity contribution in [2.45, 2.75) is 0 Å². The Morgan fingerprint density at radius 2 is 1.81 bits per heavy atom. The van der Waals surface area contributed by atoms with Crippen LogP contribution in [0, 0.1) is 0 Å². The molecule has 1 fully saturated rings. The highest BCUT2D eigenvalue weighted by molar-refractivity contribution is 6.30. The minimum absolute atomic E-state index is 0.00971. The van der Waals surface area contributed by atoms with Crippen LogP contribution in [0.2, 0.25) is 5.02 Å². The third kappa shape index (κ3) is 3.81. The van der Waals surface area contributed by atoms with Gasteiger partial charge in [0, 0.05) is 36.9 Å². The van der Waals surface area contributed by atoms with Crippen molar-refractivity contribution in [1.82, 2.24) is 14.9 Å². The topological polar surface area (TPSA) is 64.3 Å². The van der Waals surface area contributed by atoms with Crippen LogP contribution < -0.4 is 10.2 Å². The molecule has 0 unspecified atom stereocenters. The monoisotopic (exact) mass is 369 g/mol. The van der Waals surface area contributed by atoms with Gasteiger partial charge in [0.15, 0.2) is 0 Å². The number of rotatable bonds is 4. The zero-order chi connectivity index (χ0) is 17.9. The number of amides is 1. The molecule has 2 aromatic carbocycles. The predicted molar refractivity (Wildman–Crippen MR) is 105 cm³/mol. The van der Waals surface area contributed by atoms with Crippen LogP contribution in [-0.2, 0) is 4.79 Å². The number of fused-ring (bicyclic) bond motifs is 1. The molecule has 0 radical (unpaired) electrons. The molecular weight excluding hydrogens is 350 g/mol. The summed E-state index contributed by atoms with van der Waals surface area (Å²) in [5.74, 6) is 0.890. The molecule has 0 atom stereocenters. The lowest BCUT2D eigenvalue weighted by molar-refractivity contribution is -0.117. The van der Waals surface area contributed by atoms with Gasteiger partial charge in [-0.2, -0.15) is 0 Å².